The van der Waals surface area contributed by atoms with Crippen molar-refractivity contribution < 1.29 is 18.0 Å². The number of anilines is 1. The van der Waals surface area contributed by atoms with Crippen molar-refractivity contribution in [1.82, 2.24) is 9.71 Å². The molecule has 1 fully saturated rings. The van der Waals surface area contributed by atoms with Crippen molar-refractivity contribution in [3.63, 3.8) is 0 Å². The minimum absolute atomic E-state index is 0.0275. The van der Waals surface area contributed by atoms with E-state index in [1.54, 1.807) is 0 Å². The van der Waals surface area contributed by atoms with Crippen LogP contribution in [0.1, 0.15) is 24.8 Å². The Labute approximate surface area is 157 Å². The molecule has 7 nitrogen and oxygen atoms in total. The summed E-state index contributed by atoms with van der Waals surface area (Å²) in [6.45, 7) is 1.30. The fraction of sp³-hybridized carbons (Fsp3) is 0.267. The van der Waals surface area contributed by atoms with E-state index in [4.69, 9.17) is 0 Å². The van der Waals surface area contributed by atoms with Gasteiger partial charge < -0.3 is 5.32 Å². The molecule has 0 bridgehead atoms. The second kappa shape index (κ2) is 6.85. The molecule has 1 heterocycles. The zero-order valence-electron chi connectivity index (χ0n) is 13.0. The lowest BCUT2D eigenvalue weighted by Crippen LogP contribution is -2.31. The number of thiazole rings is 1. The van der Waals surface area contributed by atoms with E-state index in [1.807, 2.05) is 24.3 Å². The third-order valence-electron chi connectivity index (χ3n) is 3.69. The second-order valence-electron chi connectivity index (χ2n) is 5.64. The Kier molecular flexibility index (Phi) is 4.94. The van der Waals surface area contributed by atoms with Crippen LogP contribution in [0, 0.1) is 5.92 Å². The van der Waals surface area contributed by atoms with Gasteiger partial charge in [-0.25, -0.2) is 18.1 Å². The Bertz CT molecular complexity index is 925. The van der Waals surface area contributed by atoms with Gasteiger partial charge in [0, 0.05) is 17.3 Å². The normalized spacial score (nSPS) is 19.3. The first-order chi connectivity index (χ1) is 11.8. The molecule has 2 atom stereocenters. The fourth-order valence-electron chi connectivity index (χ4n) is 2.41. The van der Waals surface area contributed by atoms with Gasteiger partial charge in [0.15, 0.2) is 9.34 Å². The average Bonchev–Trinajstić information content (AvgIpc) is 3.19. The zero-order chi connectivity index (χ0) is 18.2. The van der Waals surface area contributed by atoms with Crippen LogP contribution in [-0.4, -0.2) is 25.2 Å². The highest BCUT2D eigenvalue weighted by atomic mass is 79.9. The summed E-state index contributed by atoms with van der Waals surface area (Å²) in [5.74, 6) is -1.21. The van der Waals surface area contributed by atoms with E-state index in [0.29, 0.717) is 6.42 Å². The second-order valence-corrected chi connectivity index (χ2v) is 9.49. The van der Waals surface area contributed by atoms with Crippen molar-refractivity contribution in [2.45, 2.75) is 23.5 Å². The molecule has 132 valence electrons. The Morgan fingerprint density at radius 3 is 2.60 bits per heavy atom. The molecule has 10 heteroatoms. The van der Waals surface area contributed by atoms with Gasteiger partial charge in [0.05, 0.1) is 6.20 Å². The van der Waals surface area contributed by atoms with Crippen LogP contribution in [0.25, 0.3) is 0 Å². The highest BCUT2D eigenvalue weighted by Gasteiger charge is 2.45. The van der Waals surface area contributed by atoms with Gasteiger partial charge in [-0.2, -0.15) is 0 Å². The average molecular weight is 444 g/mol. The number of amides is 2. The van der Waals surface area contributed by atoms with Crippen molar-refractivity contribution >= 4 is 54.2 Å². The third-order valence-corrected chi connectivity index (χ3v) is 6.94. The number of sulfonamides is 1. The molecule has 1 aromatic heterocycles. The van der Waals surface area contributed by atoms with Gasteiger partial charge >= 0.3 is 0 Å². The summed E-state index contributed by atoms with van der Waals surface area (Å²) in [5.41, 5.74) is 1.01. The molecular weight excluding hydrogens is 430 g/mol. The molecule has 1 aromatic carbocycles. The molecule has 0 saturated heterocycles. The predicted octanol–water partition coefficient (Wildman–Crippen LogP) is 2.47. The molecule has 0 radical (unpaired) electrons. The van der Waals surface area contributed by atoms with E-state index >= 15 is 0 Å². The molecule has 1 aliphatic rings. The number of nitrogens with zero attached hydrogens (tertiary/aromatic N) is 1. The van der Waals surface area contributed by atoms with Gasteiger partial charge in [0.1, 0.15) is 0 Å². The van der Waals surface area contributed by atoms with Gasteiger partial charge in [0.25, 0.3) is 10.0 Å². The predicted molar refractivity (Wildman–Crippen MR) is 96.7 cm³/mol. The molecule has 0 unspecified atom stereocenters. The first kappa shape index (κ1) is 18.0. The summed E-state index contributed by atoms with van der Waals surface area (Å²) >= 11 is 4.14. The molecule has 0 spiro atoms. The van der Waals surface area contributed by atoms with Gasteiger partial charge in [-0.1, -0.05) is 39.4 Å². The van der Waals surface area contributed by atoms with Crippen LogP contribution >= 0.6 is 27.3 Å². The molecule has 25 heavy (non-hydrogen) atoms. The largest absolute Gasteiger partial charge is 0.302 e. The molecule has 2 N–H and O–H groups in total. The lowest BCUT2D eigenvalue weighted by molar-refractivity contribution is -0.120. The summed E-state index contributed by atoms with van der Waals surface area (Å²) in [6, 6.07) is 7.61. The number of hydrogen-bond donors (Lipinski definition) is 2. The highest BCUT2D eigenvalue weighted by Crippen LogP contribution is 2.47. The van der Waals surface area contributed by atoms with Crippen LogP contribution in [-0.2, 0) is 19.6 Å². The number of hydrogen-bond acceptors (Lipinski definition) is 6. The molecule has 1 aliphatic carbocycles. The Hall–Kier alpha value is -1.78. The summed E-state index contributed by atoms with van der Waals surface area (Å²) in [6.07, 6.45) is 1.73. The first-order valence-corrected chi connectivity index (χ1v) is 10.4. The van der Waals surface area contributed by atoms with E-state index in [0.717, 1.165) is 27.6 Å². The minimum Gasteiger partial charge on any atom is -0.302 e. The smallest absolute Gasteiger partial charge is 0.275 e. The maximum Gasteiger partial charge on any atom is 0.275 e. The van der Waals surface area contributed by atoms with Crippen molar-refractivity contribution in [3.05, 3.63) is 40.5 Å². The molecule has 0 aliphatic heterocycles. The zero-order valence-corrected chi connectivity index (χ0v) is 16.2. The number of benzene rings is 1. The lowest BCUT2D eigenvalue weighted by atomic mass is 10.1. The molecule has 2 amide bonds. The van der Waals surface area contributed by atoms with E-state index in [9.17, 15) is 18.0 Å². The quantitative estimate of drug-likeness (QED) is 0.737. The van der Waals surface area contributed by atoms with Gasteiger partial charge in [-0.05, 0) is 30.0 Å². The number of aromatic nitrogens is 1. The highest BCUT2D eigenvalue weighted by molar-refractivity contribution is 9.10. The van der Waals surface area contributed by atoms with Crippen LogP contribution in [0.2, 0.25) is 0 Å². The van der Waals surface area contributed by atoms with E-state index in [2.05, 4.69) is 31.0 Å². The van der Waals surface area contributed by atoms with Gasteiger partial charge in [-0.15, -0.1) is 0 Å². The fourth-order valence-corrected chi connectivity index (χ4v) is 4.78. The molecule has 1 saturated carbocycles. The van der Waals surface area contributed by atoms with Crippen molar-refractivity contribution in [2.75, 3.05) is 5.32 Å². The van der Waals surface area contributed by atoms with E-state index < -0.39 is 15.9 Å². The molecule has 3 rings (SSSR count). The summed E-state index contributed by atoms with van der Waals surface area (Å²) in [7, 11) is -3.99. The standard InChI is InChI=1S/C15H14BrN3O4S2/c1-8(20)18-15-17-7-13(24-15)25(22,23)19-14(21)12-6-11(12)9-2-4-10(16)5-3-9/h2-5,7,11-12H,6H2,1H3,(H,19,21)(H,17,18,20)/t11-,12+/m0/s1. The van der Waals surface area contributed by atoms with Crippen LogP contribution in [0.3, 0.4) is 0 Å². The topological polar surface area (TPSA) is 105 Å². The van der Waals surface area contributed by atoms with Crippen LogP contribution in [0.15, 0.2) is 39.1 Å². The van der Waals surface area contributed by atoms with E-state index in [1.165, 1.54) is 6.92 Å². The monoisotopic (exact) mass is 443 g/mol. The summed E-state index contributed by atoms with van der Waals surface area (Å²) in [5, 5.41) is 2.57. The SMILES string of the molecule is CC(=O)Nc1ncc(S(=O)(=O)NC(=O)[C@@H]2C[C@H]2c2ccc(Br)cc2)s1. The molecule has 2 aromatic rings. The first-order valence-electron chi connectivity index (χ1n) is 7.32. The number of rotatable bonds is 5. The number of carbonyl (C=O) groups is 2. The minimum atomic E-state index is -3.99. The number of carbonyl (C=O) groups excluding carboxylic acids is 2. The molecular formula is C15H14BrN3O4S2. The van der Waals surface area contributed by atoms with Crippen LogP contribution in [0.4, 0.5) is 5.13 Å². The third kappa shape index (κ3) is 4.25. The number of halogens is 1. The van der Waals surface area contributed by atoms with Crippen LogP contribution in [0.5, 0.6) is 0 Å². The van der Waals surface area contributed by atoms with Crippen molar-refractivity contribution in [2.24, 2.45) is 5.92 Å². The summed E-state index contributed by atoms with van der Waals surface area (Å²) < 4.78 is 27.5. The summed E-state index contributed by atoms with van der Waals surface area (Å²) in [4.78, 5) is 27.0. The maximum atomic E-state index is 12.3. The van der Waals surface area contributed by atoms with Crippen molar-refractivity contribution in [3.8, 4) is 0 Å². The van der Waals surface area contributed by atoms with Gasteiger partial charge in [-0.3, -0.25) is 9.59 Å². The Balaban J connectivity index is 1.65. The van der Waals surface area contributed by atoms with E-state index in [-0.39, 0.29) is 27.1 Å². The lowest BCUT2D eigenvalue weighted by Gasteiger charge is -2.04. The van der Waals surface area contributed by atoms with Crippen molar-refractivity contribution in [1.29, 1.82) is 0 Å². The Morgan fingerprint density at radius 2 is 1.96 bits per heavy atom. The van der Waals surface area contributed by atoms with Crippen LogP contribution < -0.4 is 10.0 Å². The van der Waals surface area contributed by atoms with Gasteiger partial charge in [0.2, 0.25) is 11.8 Å². The number of nitrogens with one attached hydrogen (secondary N) is 2. The Morgan fingerprint density at radius 1 is 1.28 bits per heavy atom. The maximum absolute atomic E-state index is 12.3.